The second-order valence-electron chi connectivity index (χ2n) is 4.72. The predicted molar refractivity (Wildman–Crippen MR) is 79.6 cm³/mol. The molecule has 0 spiro atoms. The fraction of sp³-hybridized carbons (Fsp3) is 0.429. The molecule has 0 aliphatic heterocycles. The first-order chi connectivity index (χ1) is 9.40. The highest BCUT2D eigenvalue weighted by atomic mass is 35.5. The number of likely N-dealkylation sites (N-methyl/N-ethyl adjacent to an activating group) is 1. The van der Waals surface area contributed by atoms with Gasteiger partial charge in [0.05, 0.1) is 13.1 Å². The highest BCUT2D eigenvalue weighted by Crippen LogP contribution is 2.16. The third-order valence-electron chi connectivity index (χ3n) is 2.85. The lowest BCUT2D eigenvalue weighted by Gasteiger charge is -2.15. The first-order valence-corrected chi connectivity index (χ1v) is 6.73. The maximum atomic E-state index is 11.6. The van der Waals surface area contributed by atoms with Gasteiger partial charge in [-0.3, -0.25) is 9.59 Å². The fourth-order valence-corrected chi connectivity index (χ4v) is 1.73. The Hall–Kier alpha value is -1.59. The fourth-order valence-electron chi connectivity index (χ4n) is 1.53. The minimum Gasteiger partial charge on any atom is -0.347 e. The number of hydrogen-bond acceptors (Lipinski definition) is 3. The third-order valence-corrected chi connectivity index (χ3v) is 3.09. The molecule has 5 nitrogen and oxygen atoms in total. The lowest BCUT2D eigenvalue weighted by Crippen LogP contribution is -2.40. The molecule has 0 radical (unpaired) electrons. The number of carbonyl (C=O) groups is 2. The lowest BCUT2D eigenvalue weighted by atomic mass is 10.1. The van der Waals surface area contributed by atoms with Gasteiger partial charge >= 0.3 is 0 Å². The molecule has 0 bridgehead atoms. The monoisotopic (exact) mass is 297 g/mol. The predicted octanol–water partition coefficient (Wildman–Crippen LogP) is 1.19. The summed E-state index contributed by atoms with van der Waals surface area (Å²) < 4.78 is 0. The maximum absolute atomic E-state index is 11.6. The van der Waals surface area contributed by atoms with E-state index < -0.39 is 0 Å². The molecule has 2 amide bonds. The summed E-state index contributed by atoms with van der Waals surface area (Å²) in [6.07, 6.45) is 0. The van der Waals surface area contributed by atoms with E-state index in [0.29, 0.717) is 5.02 Å². The third kappa shape index (κ3) is 5.59. The van der Waals surface area contributed by atoms with Crippen LogP contribution in [0.15, 0.2) is 24.3 Å². The molecule has 0 saturated heterocycles. The van der Waals surface area contributed by atoms with Crippen LogP contribution in [-0.2, 0) is 9.59 Å². The van der Waals surface area contributed by atoms with Gasteiger partial charge < -0.3 is 15.5 Å². The van der Waals surface area contributed by atoms with Gasteiger partial charge in [0, 0.05) is 25.2 Å². The van der Waals surface area contributed by atoms with E-state index >= 15 is 0 Å². The first kappa shape index (κ1) is 16.5. The normalized spacial score (nSPS) is 11.8. The van der Waals surface area contributed by atoms with Crippen LogP contribution >= 0.6 is 11.6 Å². The Balaban J connectivity index is 2.35. The average molecular weight is 298 g/mol. The second-order valence-corrected chi connectivity index (χ2v) is 5.16. The van der Waals surface area contributed by atoms with Gasteiger partial charge in [0.2, 0.25) is 11.8 Å². The zero-order valence-corrected chi connectivity index (χ0v) is 12.7. The van der Waals surface area contributed by atoms with Gasteiger partial charge in [-0.1, -0.05) is 23.7 Å². The summed E-state index contributed by atoms with van der Waals surface area (Å²) in [5.41, 5.74) is 1.01. The van der Waals surface area contributed by atoms with Gasteiger partial charge in [0.1, 0.15) is 0 Å². The van der Waals surface area contributed by atoms with Crippen molar-refractivity contribution >= 4 is 23.4 Å². The molecule has 0 saturated carbocycles. The molecular formula is C14H20ClN3O2. The molecule has 0 aliphatic carbocycles. The van der Waals surface area contributed by atoms with Crippen molar-refractivity contribution in [3.63, 3.8) is 0 Å². The van der Waals surface area contributed by atoms with Gasteiger partial charge in [0.25, 0.3) is 0 Å². The van der Waals surface area contributed by atoms with Crippen LogP contribution in [0.5, 0.6) is 0 Å². The minimum absolute atomic E-state index is 0.00370. The van der Waals surface area contributed by atoms with Crippen LogP contribution < -0.4 is 10.6 Å². The highest BCUT2D eigenvalue weighted by Gasteiger charge is 2.10. The number of rotatable bonds is 6. The molecule has 20 heavy (non-hydrogen) atoms. The Labute approximate surface area is 124 Å². The standard InChI is InChI=1S/C14H20ClN3O2/c1-10(11-5-4-6-12(15)7-11)16-8-13(19)17-9-14(20)18(2)3/h4-7,10,16H,8-9H2,1-3H3,(H,17,19)/t10-/m1/s1. The van der Waals surface area contributed by atoms with Gasteiger partial charge in [-0.05, 0) is 24.6 Å². The Morgan fingerprint density at radius 3 is 2.60 bits per heavy atom. The van der Waals surface area contributed by atoms with Crippen molar-refractivity contribution in [1.82, 2.24) is 15.5 Å². The molecule has 0 heterocycles. The largest absolute Gasteiger partial charge is 0.347 e. The number of hydrogen-bond donors (Lipinski definition) is 2. The maximum Gasteiger partial charge on any atom is 0.241 e. The van der Waals surface area contributed by atoms with Crippen molar-refractivity contribution in [2.24, 2.45) is 0 Å². The van der Waals surface area contributed by atoms with E-state index in [4.69, 9.17) is 11.6 Å². The summed E-state index contributed by atoms with van der Waals surface area (Å²) in [6.45, 7) is 2.11. The van der Waals surface area contributed by atoms with Gasteiger partial charge in [-0.15, -0.1) is 0 Å². The van der Waals surface area contributed by atoms with Crippen molar-refractivity contribution in [3.05, 3.63) is 34.9 Å². The van der Waals surface area contributed by atoms with E-state index in [0.717, 1.165) is 5.56 Å². The lowest BCUT2D eigenvalue weighted by molar-refractivity contribution is -0.130. The topological polar surface area (TPSA) is 61.4 Å². The van der Waals surface area contributed by atoms with Crippen LogP contribution in [0.2, 0.25) is 5.02 Å². The average Bonchev–Trinajstić information content (AvgIpc) is 2.41. The van der Waals surface area contributed by atoms with E-state index in [1.54, 1.807) is 20.2 Å². The zero-order chi connectivity index (χ0) is 15.1. The van der Waals surface area contributed by atoms with Crippen LogP contribution in [0.3, 0.4) is 0 Å². The molecule has 0 aliphatic rings. The first-order valence-electron chi connectivity index (χ1n) is 6.36. The Morgan fingerprint density at radius 2 is 2.00 bits per heavy atom. The summed E-state index contributed by atoms with van der Waals surface area (Å²) >= 11 is 5.92. The molecule has 1 atom stereocenters. The van der Waals surface area contributed by atoms with Crippen LogP contribution in [0.1, 0.15) is 18.5 Å². The van der Waals surface area contributed by atoms with Crippen LogP contribution in [0, 0.1) is 0 Å². The van der Waals surface area contributed by atoms with Crippen molar-refractivity contribution < 1.29 is 9.59 Å². The minimum atomic E-state index is -0.214. The molecule has 0 unspecified atom stereocenters. The molecule has 110 valence electrons. The SMILES string of the molecule is C[C@@H](NCC(=O)NCC(=O)N(C)C)c1cccc(Cl)c1. The summed E-state index contributed by atoms with van der Waals surface area (Å²) in [4.78, 5) is 24.4. The Morgan fingerprint density at radius 1 is 1.30 bits per heavy atom. The number of nitrogens with zero attached hydrogens (tertiary/aromatic N) is 1. The van der Waals surface area contributed by atoms with Crippen LogP contribution in [0.4, 0.5) is 0 Å². The van der Waals surface area contributed by atoms with Gasteiger partial charge in [-0.2, -0.15) is 0 Å². The Kier molecular flexibility index (Phi) is 6.48. The summed E-state index contributed by atoms with van der Waals surface area (Å²) in [7, 11) is 3.29. The van der Waals surface area contributed by atoms with Crippen molar-refractivity contribution in [2.75, 3.05) is 27.2 Å². The molecule has 1 aromatic carbocycles. The van der Waals surface area contributed by atoms with E-state index in [9.17, 15) is 9.59 Å². The van der Waals surface area contributed by atoms with Crippen LogP contribution in [0.25, 0.3) is 0 Å². The summed E-state index contributed by atoms with van der Waals surface area (Å²) in [5.74, 6) is -0.352. The highest BCUT2D eigenvalue weighted by molar-refractivity contribution is 6.30. The summed E-state index contributed by atoms with van der Waals surface area (Å²) in [5, 5.41) is 6.31. The van der Waals surface area contributed by atoms with Crippen LogP contribution in [-0.4, -0.2) is 43.9 Å². The summed E-state index contributed by atoms with van der Waals surface area (Å²) in [6, 6.07) is 7.47. The van der Waals surface area contributed by atoms with E-state index in [1.807, 2.05) is 25.1 Å². The molecule has 2 N–H and O–H groups in total. The number of amides is 2. The molecular weight excluding hydrogens is 278 g/mol. The quantitative estimate of drug-likeness (QED) is 0.829. The number of nitrogens with one attached hydrogen (secondary N) is 2. The molecule has 0 aromatic heterocycles. The number of halogens is 1. The van der Waals surface area contributed by atoms with E-state index in [2.05, 4.69) is 10.6 Å². The molecule has 1 rings (SSSR count). The Bertz CT molecular complexity index is 477. The smallest absolute Gasteiger partial charge is 0.241 e. The van der Waals surface area contributed by atoms with Crippen molar-refractivity contribution in [3.8, 4) is 0 Å². The van der Waals surface area contributed by atoms with E-state index in [1.165, 1.54) is 4.90 Å². The van der Waals surface area contributed by atoms with Gasteiger partial charge in [0.15, 0.2) is 0 Å². The van der Waals surface area contributed by atoms with Gasteiger partial charge in [-0.25, -0.2) is 0 Å². The molecule has 6 heteroatoms. The zero-order valence-electron chi connectivity index (χ0n) is 11.9. The number of carbonyl (C=O) groups excluding carboxylic acids is 2. The second kappa shape index (κ2) is 7.87. The molecule has 1 aromatic rings. The van der Waals surface area contributed by atoms with E-state index in [-0.39, 0.29) is 30.9 Å². The van der Waals surface area contributed by atoms with Crippen molar-refractivity contribution in [2.45, 2.75) is 13.0 Å². The molecule has 0 fully saturated rings. The van der Waals surface area contributed by atoms with Crippen molar-refractivity contribution in [1.29, 1.82) is 0 Å². The number of benzene rings is 1.